The van der Waals surface area contributed by atoms with Crippen LogP contribution in [0.15, 0.2) is 36.5 Å². The van der Waals surface area contributed by atoms with E-state index in [-0.39, 0.29) is 31.0 Å². The number of ether oxygens (including phenoxy) is 1. The van der Waals surface area contributed by atoms with Crippen molar-refractivity contribution in [3.8, 4) is 17.2 Å². The van der Waals surface area contributed by atoms with E-state index in [1.54, 1.807) is 12.1 Å². The topological polar surface area (TPSA) is 116 Å². The molecule has 2 atom stereocenters. The number of aromatic nitrogens is 1. The maximum Gasteiger partial charge on any atom is 0.414 e. The Morgan fingerprint density at radius 3 is 2.90 bits per heavy atom. The zero-order chi connectivity index (χ0) is 21.0. The second-order valence-electron chi connectivity index (χ2n) is 6.57. The first-order chi connectivity index (χ1) is 13.9. The summed E-state index contributed by atoms with van der Waals surface area (Å²) in [6, 6.07) is 9.36. The van der Waals surface area contributed by atoms with Crippen molar-refractivity contribution in [1.82, 2.24) is 10.3 Å². The molecule has 0 aliphatic carbocycles. The zero-order valence-electron chi connectivity index (χ0n) is 15.6. The van der Waals surface area contributed by atoms with Crippen molar-refractivity contribution in [3.63, 3.8) is 0 Å². The molecule has 1 aliphatic heterocycles. The minimum absolute atomic E-state index is 0.0791. The van der Waals surface area contributed by atoms with E-state index in [9.17, 15) is 19.1 Å². The van der Waals surface area contributed by atoms with E-state index in [0.717, 1.165) is 0 Å². The molecule has 0 unspecified atom stereocenters. The van der Waals surface area contributed by atoms with Crippen molar-refractivity contribution in [2.75, 3.05) is 18.0 Å². The van der Waals surface area contributed by atoms with Gasteiger partial charge in [0.15, 0.2) is 0 Å². The number of carbonyl (C=O) groups is 2. The molecule has 150 valence electrons. The van der Waals surface area contributed by atoms with Crippen molar-refractivity contribution < 1.29 is 23.8 Å². The third-order valence-corrected chi connectivity index (χ3v) is 4.44. The van der Waals surface area contributed by atoms with Gasteiger partial charge in [0.05, 0.1) is 37.0 Å². The number of nitriles is 1. The van der Waals surface area contributed by atoms with E-state index in [1.807, 2.05) is 6.07 Å². The predicted molar refractivity (Wildman–Crippen MR) is 101 cm³/mol. The molecule has 0 radical (unpaired) electrons. The third kappa shape index (κ3) is 4.67. The number of hydrogen-bond donors (Lipinski definition) is 2. The van der Waals surface area contributed by atoms with Crippen molar-refractivity contribution in [2.24, 2.45) is 0 Å². The van der Waals surface area contributed by atoms with Crippen molar-refractivity contribution in [3.05, 3.63) is 48.0 Å². The smallest absolute Gasteiger partial charge is 0.414 e. The fourth-order valence-corrected chi connectivity index (χ4v) is 2.96. The van der Waals surface area contributed by atoms with Gasteiger partial charge in [-0.3, -0.25) is 14.7 Å². The van der Waals surface area contributed by atoms with Gasteiger partial charge in [-0.2, -0.15) is 5.26 Å². The first kappa shape index (κ1) is 20.2. The van der Waals surface area contributed by atoms with Crippen LogP contribution >= 0.6 is 0 Å². The first-order valence-corrected chi connectivity index (χ1v) is 8.92. The first-order valence-electron chi connectivity index (χ1n) is 8.92. The molecule has 0 spiro atoms. The average molecular weight is 398 g/mol. The highest BCUT2D eigenvalue weighted by atomic mass is 19.1. The molecule has 1 aromatic heterocycles. The van der Waals surface area contributed by atoms with E-state index in [1.165, 1.54) is 36.2 Å². The Bertz CT molecular complexity index is 958. The molecule has 0 saturated carbocycles. The Hall–Kier alpha value is -3.51. The van der Waals surface area contributed by atoms with Crippen LogP contribution in [0.3, 0.4) is 0 Å². The van der Waals surface area contributed by atoms with Crippen LogP contribution in [0.2, 0.25) is 0 Å². The van der Waals surface area contributed by atoms with Crippen LogP contribution in [0.5, 0.6) is 0 Å². The van der Waals surface area contributed by atoms with Crippen LogP contribution < -0.4 is 10.2 Å². The fourth-order valence-electron chi connectivity index (χ4n) is 2.96. The highest BCUT2D eigenvalue weighted by molar-refractivity contribution is 5.90. The zero-order valence-corrected chi connectivity index (χ0v) is 15.6. The summed E-state index contributed by atoms with van der Waals surface area (Å²) in [7, 11) is 0. The number of pyridine rings is 1. The van der Waals surface area contributed by atoms with Crippen LogP contribution in [-0.4, -0.2) is 41.3 Å². The molecule has 2 amide bonds. The van der Waals surface area contributed by atoms with Crippen molar-refractivity contribution >= 4 is 17.7 Å². The quantitative estimate of drug-likeness (QED) is 0.771. The van der Waals surface area contributed by atoms with Gasteiger partial charge in [-0.25, -0.2) is 9.18 Å². The number of carbonyl (C=O) groups excluding carboxylic acids is 2. The average Bonchev–Trinajstić information content (AvgIpc) is 3.07. The summed E-state index contributed by atoms with van der Waals surface area (Å²) < 4.78 is 19.9. The number of nitrogens with one attached hydrogen (secondary N) is 1. The molecule has 1 saturated heterocycles. The standard InChI is InChI=1S/C20H19FN4O4/c1-12(26)23-10-15-11-25(20(28)29-15)14-3-4-16(17(21)8-14)13-2-5-18(24-9-13)19(27)6-7-22/h2-5,8-9,15,19,27H,6,10-11H2,1H3,(H,23,26)/t15-,19-/m0/s1. The minimum atomic E-state index is -0.993. The Morgan fingerprint density at radius 1 is 1.48 bits per heavy atom. The van der Waals surface area contributed by atoms with Gasteiger partial charge in [0.1, 0.15) is 18.0 Å². The Kier molecular flexibility index (Phi) is 6.04. The van der Waals surface area contributed by atoms with Gasteiger partial charge in [0.25, 0.3) is 0 Å². The van der Waals surface area contributed by atoms with Crippen LogP contribution in [0, 0.1) is 17.1 Å². The summed E-state index contributed by atoms with van der Waals surface area (Å²) in [6.45, 7) is 1.76. The van der Waals surface area contributed by atoms with Gasteiger partial charge < -0.3 is 15.2 Å². The van der Waals surface area contributed by atoms with Gasteiger partial charge in [-0.05, 0) is 24.3 Å². The molecule has 1 aromatic carbocycles. The number of benzene rings is 1. The van der Waals surface area contributed by atoms with Crippen LogP contribution in [0.1, 0.15) is 25.1 Å². The number of aliphatic hydroxyl groups excluding tert-OH is 1. The molecule has 0 bridgehead atoms. The highest BCUT2D eigenvalue weighted by Crippen LogP contribution is 2.29. The van der Waals surface area contributed by atoms with E-state index >= 15 is 0 Å². The third-order valence-electron chi connectivity index (χ3n) is 4.44. The van der Waals surface area contributed by atoms with Gasteiger partial charge >= 0.3 is 6.09 Å². The van der Waals surface area contributed by atoms with Crippen LogP contribution in [0.25, 0.3) is 11.1 Å². The molecule has 3 rings (SSSR count). The molecule has 2 heterocycles. The molecule has 1 aliphatic rings. The number of nitrogens with zero attached hydrogens (tertiary/aromatic N) is 3. The molecule has 29 heavy (non-hydrogen) atoms. The number of rotatable bonds is 6. The summed E-state index contributed by atoms with van der Waals surface area (Å²) >= 11 is 0. The molecule has 8 nitrogen and oxygen atoms in total. The summed E-state index contributed by atoms with van der Waals surface area (Å²) in [6.07, 6.45) is -0.769. The lowest BCUT2D eigenvalue weighted by molar-refractivity contribution is -0.119. The van der Waals surface area contributed by atoms with E-state index in [4.69, 9.17) is 10.00 Å². The number of anilines is 1. The summed E-state index contributed by atoms with van der Waals surface area (Å²) in [5, 5.41) is 21.0. The number of hydrogen-bond acceptors (Lipinski definition) is 6. The second kappa shape index (κ2) is 8.67. The van der Waals surface area contributed by atoms with E-state index in [0.29, 0.717) is 16.9 Å². The number of cyclic esters (lactones) is 1. The molecular weight excluding hydrogens is 379 g/mol. The second-order valence-corrected chi connectivity index (χ2v) is 6.57. The Balaban J connectivity index is 1.74. The summed E-state index contributed by atoms with van der Waals surface area (Å²) in [5.41, 5.74) is 1.45. The summed E-state index contributed by atoms with van der Waals surface area (Å²) in [4.78, 5) is 28.4. The van der Waals surface area contributed by atoms with E-state index in [2.05, 4.69) is 10.3 Å². The van der Waals surface area contributed by atoms with Gasteiger partial charge in [0, 0.05) is 24.2 Å². The molecule has 2 N–H and O–H groups in total. The molecule has 1 fully saturated rings. The Morgan fingerprint density at radius 2 is 2.28 bits per heavy atom. The lowest BCUT2D eigenvalue weighted by Crippen LogP contribution is -2.33. The molecule has 2 aromatic rings. The largest absolute Gasteiger partial charge is 0.442 e. The molecular formula is C20H19FN4O4. The highest BCUT2D eigenvalue weighted by Gasteiger charge is 2.32. The normalized spacial score (nSPS) is 16.8. The molecule has 9 heteroatoms. The Labute approximate surface area is 166 Å². The maximum absolute atomic E-state index is 14.7. The summed E-state index contributed by atoms with van der Waals surface area (Å²) in [5.74, 6) is -0.776. The SMILES string of the molecule is CC(=O)NC[C@H]1CN(c2ccc(-c3ccc([C@@H](O)CC#N)nc3)c(F)c2)C(=O)O1. The van der Waals surface area contributed by atoms with Crippen LogP contribution in [0.4, 0.5) is 14.9 Å². The minimum Gasteiger partial charge on any atom is -0.442 e. The maximum atomic E-state index is 14.7. The van der Waals surface area contributed by atoms with Crippen molar-refractivity contribution in [2.45, 2.75) is 25.6 Å². The fraction of sp³-hybridized carbons (Fsp3) is 0.300. The van der Waals surface area contributed by atoms with Crippen LogP contribution in [-0.2, 0) is 9.53 Å². The monoisotopic (exact) mass is 398 g/mol. The van der Waals surface area contributed by atoms with Crippen molar-refractivity contribution in [1.29, 1.82) is 5.26 Å². The van der Waals surface area contributed by atoms with E-state index < -0.39 is 24.1 Å². The lowest BCUT2D eigenvalue weighted by atomic mass is 10.0. The van der Waals surface area contributed by atoms with Gasteiger partial charge in [-0.1, -0.05) is 6.07 Å². The predicted octanol–water partition coefficient (Wildman–Crippen LogP) is 2.30. The number of aliphatic hydroxyl groups is 1. The number of amides is 2. The lowest BCUT2D eigenvalue weighted by Gasteiger charge is -2.15. The van der Waals surface area contributed by atoms with Gasteiger partial charge in [-0.15, -0.1) is 0 Å². The van der Waals surface area contributed by atoms with Gasteiger partial charge in [0.2, 0.25) is 5.91 Å². The number of halogens is 1.